The number of benzene rings is 1. The highest BCUT2D eigenvalue weighted by molar-refractivity contribution is 5.41. The number of nitrogens with one attached hydrogen (secondary N) is 1. The number of para-hydroxylation sites is 1. The average Bonchev–Trinajstić information content (AvgIpc) is 2.51. The lowest BCUT2D eigenvalue weighted by Gasteiger charge is -2.11. The summed E-state index contributed by atoms with van der Waals surface area (Å²) < 4.78 is 10.9. The van der Waals surface area contributed by atoms with E-state index >= 15 is 0 Å². The summed E-state index contributed by atoms with van der Waals surface area (Å²) >= 11 is 0. The third-order valence-electron chi connectivity index (χ3n) is 2.86. The van der Waals surface area contributed by atoms with Crippen LogP contribution in [-0.2, 0) is 6.54 Å². The van der Waals surface area contributed by atoms with Gasteiger partial charge in [-0.05, 0) is 12.0 Å². The highest BCUT2D eigenvalue weighted by Gasteiger charge is 2.04. The van der Waals surface area contributed by atoms with Crippen molar-refractivity contribution in [3.8, 4) is 11.6 Å². The number of nitrogens with zero attached hydrogens (tertiary/aromatic N) is 2. The molecule has 0 bridgehead atoms. The predicted molar refractivity (Wildman–Crippen MR) is 82.7 cm³/mol. The summed E-state index contributed by atoms with van der Waals surface area (Å²) in [5.41, 5.74) is 1.07. The second-order valence-electron chi connectivity index (χ2n) is 5.11. The summed E-state index contributed by atoms with van der Waals surface area (Å²) in [5.74, 6) is 2.64. The van der Waals surface area contributed by atoms with Crippen molar-refractivity contribution in [1.29, 1.82) is 0 Å². The molecule has 5 heteroatoms. The van der Waals surface area contributed by atoms with Gasteiger partial charge in [0.25, 0.3) is 0 Å². The van der Waals surface area contributed by atoms with Gasteiger partial charge < -0.3 is 14.8 Å². The number of hydrogen-bond acceptors (Lipinski definition) is 5. The molecule has 2 rings (SSSR count). The molecule has 21 heavy (non-hydrogen) atoms. The molecule has 5 nitrogen and oxygen atoms in total. The van der Waals surface area contributed by atoms with Gasteiger partial charge >= 0.3 is 0 Å². The summed E-state index contributed by atoms with van der Waals surface area (Å²) in [5, 5.41) is 3.25. The summed E-state index contributed by atoms with van der Waals surface area (Å²) in [4.78, 5) is 8.30. The molecule has 0 amide bonds. The average molecular weight is 287 g/mol. The van der Waals surface area contributed by atoms with Crippen LogP contribution >= 0.6 is 0 Å². The van der Waals surface area contributed by atoms with Crippen molar-refractivity contribution in [2.24, 2.45) is 5.92 Å². The van der Waals surface area contributed by atoms with Gasteiger partial charge in [0.1, 0.15) is 17.9 Å². The fraction of sp³-hybridized carbons (Fsp3) is 0.375. The van der Waals surface area contributed by atoms with Crippen molar-refractivity contribution in [2.45, 2.75) is 20.4 Å². The zero-order chi connectivity index (χ0) is 15.1. The Morgan fingerprint density at radius 3 is 2.76 bits per heavy atom. The van der Waals surface area contributed by atoms with Crippen molar-refractivity contribution in [3.05, 3.63) is 42.2 Å². The quantitative estimate of drug-likeness (QED) is 0.848. The molecule has 1 aromatic heterocycles. The number of aromatic nitrogens is 2. The first-order valence-electron chi connectivity index (χ1n) is 6.99. The number of rotatable bonds is 7. The molecule has 0 aliphatic carbocycles. The van der Waals surface area contributed by atoms with E-state index in [2.05, 4.69) is 29.1 Å². The van der Waals surface area contributed by atoms with Gasteiger partial charge in [0, 0.05) is 18.2 Å². The normalized spacial score (nSPS) is 10.5. The van der Waals surface area contributed by atoms with Crippen LogP contribution in [0.5, 0.6) is 11.6 Å². The number of methoxy groups -OCH3 is 1. The Balaban J connectivity index is 1.98. The number of ether oxygens (including phenoxy) is 2. The monoisotopic (exact) mass is 287 g/mol. The Labute approximate surface area is 125 Å². The van der Waals surface area contributed by atoms with E-state index in [1.165, 1.54) is 6.33 Å². The van der Waals surface area contributed by atoms with Gasteiger partial charge in [-0.25, -0.2) is 9.97 Å². The minimum atomic E-state index is 0.463. The van der Waals surface area contributed by atoms with Gasteiger partial charge in [-0.3, -0.25) is 0 Å². The van der Waals surface area contributed by atoms with Crippen LogP contribution in [0.25, 0.3) is 0 Å². The van der Waals surface area contributed by atoms with Gasteiger partial charge in [0.2, 0.25) is 5.88 Å². The molecule has 1 N–H and O–H groups in total. The molecule has 0 aliphatic heterocycles. The Bertz CT molecular complexity index is 573. The molecule has 2 aromatic rings. The fourth-order valence-corrected chi connectivity index (χ4v) is 1.80. The summed E-state index contributed by atoms with van der Waals surface area (Å²) in [6.45, 7) is 5.47. The lowest BCUT2D eigenvalue weighted by molar-refractivity contribution is 0.261. The predicted octanol–water partition coefficient (Wildman–Crippen LogP) is 3.13. The molecule has 1 heterocycles. The van der Waals surface area contributed by atoms with Crippen LogP contribution in [0, 0.1) is 5.92 Å². The van der Waals surface area contributed by atoms with Crippen LogP contribution < -0.4 is 14.8 Å². The molecule has 0 radical (unpaired) electrons. The van der Waals surface area contributed by atoms with Crippen molar-refractivity contribution >= 4 is 5.82 Å². The largest absolute Gasteiger partial charge is 0.496 e. The van der Waals surface area contributed by atoms with Crippen LogP contribution in [0.1, 0.15) is 19.4 Å². The Kier molecular flexibility index (Phi) is 5.37. The van der Waals surface area contributed by atoms with Crippen molar-refractivity contribution in [1.82, 2.24) is 9.97 Å². The fourth-order valence-electron chi connectivity index (χ4n) is 1.80. The second-order valence-corrected chi connectivity index (χ2v) is 5.11. The molecule has 0 spiro atoms. The van der Waals surface area contributed by atoms with Gasteiger partial charge in [-0.1, -0.05) is 32.0 Å². The zero-order valence-electron chi connectivity index (χ0n) is 12.7. The Hall–Kier alpha value is -2.30. The molecule has 0 saturated heterocycles. The second kappa shape index (κ2) is 7.47. The molecular formula is C16H21N3O2. The summed E-state index contributed by atoms with van der Waals surface area (Å²) in [6.07, 6.45) is 1.50. The molecule has 0 atom stereocenters. The van der Waals surface area contributed by atoms with Crippen LogP contribution in [0.2, 0.25) is 0 Å². The maximum absolute atomic E-state index is 5.59. The van der Waals surface area contributed by atoms with E-state index in [-0.39, 0.29) is 0 Å². The van der Waals surface area contributed by atoms with E-state index in [0.717, 1.165) is 17.1 Å². The van der Waals surface area contributed by atoms with Gasteiger partial charge in [0.15, 0.2) is 0 Å². The van der Waals surface area contributed by atoms with Crippen molar-refractivity contribution in [3.63, 3.8) is 0 Å². The molecule has 0 unspecified atom stereocenters. The highest BCUT2D eigenvalue weighted by Crippen LogP contribution is 2.19. The number of hydrogen-bond donors (Lipinski definition) is 1. The van der Waals surface area contributed by atoms with E-state index in [1.54, 1.807) is 13.2 Å². The van der Waals surface area contributed by atoms with Gasteiger partial charge in [-0.15, -0.1) is 0 Å². The Morgan fingerprint density at radius 1 is 1.19 bits per heavy atom. The Morgan fingerprint density at radius 2 is 2.00 bits per heavy atom. The van der Waals surface area contributed by atoms with Crippen LogP contribution in [0.4, 0.5) is 5.82 Å². The first-order chi connectivity index (χ1) is 10.2. The maximum atomic E-state index is 5.59. The third-order valence-corrected chi connectivity index (χ3v) is 2.86. The van der Waals surface area contributed by atoms with E-state index in [0.29, 0.717) is 24.9 Å². The van der Waals surface area contributed by atoms with E-state index in [9.17, 15) is 0 Å². The standard InChI is InChI=1S/C16H21N3O2/c1-12(2)10-21-16-8-15(18-11-19-16)17-9-13-6-4-5-7-14(13)20-3/h4-8,11-12H,9-10H2,1-3H3,(H,17,18,19). The van der Waals surface area contributed by atoms with Crippen molar-refractivity contribution in [2.75, 3.05) is 19.0 Å². The van der Waals surface area contributed by atoms with Gasteiger partial charge in [-0.2, -0.15) is 0 Å². The minimum absolute atomic E-state index is 0.463. The first kappa shape index (κ1) is 15.1. The maximum Gasteiger partial charge on any atom is 0.218 e. The van der Waals surface area contributed by atoms with Gasteiger partial charge in [0.05, 0.1) is 13.7 Å². The van der Waals surface area contributed by atoms with E-state index in [1.807, 2.05) is 24.3 Å². The molecule has 0 fully saturated rings. The summed E-state index contributed by atoms with van der Waals surface area (Å²) in [7, 11) is 1.67. The first-order valence-corrected chi connectivity index (χ1v) is 6.99. The highest BCUT2D eigenvalue weighted by atomic mass is 16.5. The van der Waals surface area contributed by atoms with Crippen LogP contribution in [-0.4, -0.2) is 23.7 Å². The smallest absolute Gasteiger partial charge is 0.218 e. The molecule has 0 saturated carbocycles. The lowest BCUT2D eigenvalue weighted by atomic mass is 10.2. The van der Waals surface area contributed by atoms with Crippen molar-refractivity contribution < 1.29 is 9.47 Å². The topological polar surface area (TPSA) is 56.3 Å². The molecular weight excluding hydrogens is 266 g/mol. The number of anilines is 1. The van der Waals surface area contributed by atoms with E-state index in [4.69, 9.17) is 9.47 Å². The third kappa shape index (κ3) is 4.63. The van der Waals surface area contributed by atoms with Crippen LogP contribution in [0.3, 0.4) is 0 Å². The van der Waals surface area contributed by atoms with Crippen LogP contribution in [0.15, 0.2) is 36.7 Å². The molecule has 112 valence electrons. The SMILES string of the molecule is COc1ccccc1CNc1cc(OCC(C)C)ncn1. The molecule has 0 aliphatic rings. The van der Waals surface area contributed by atoms with E-state index < -0.39 is 0 Å². The lowest BCUT2D eigenvalue weighted by Crippen LogP contribution is -2.07. The molecule has 1 aromatic carbocycles. The zero-order valence-corrected chi connectivity index (χ0v) is 12.7. The summed E-state index contributed by atoms with van der Waals surface area (Å²) in [6, 6.07) is 9.69. The minimum Gasteiger partial charge on any atom is -0.496 e.